The van der Waals surface area contributed by atoms with Gasteiger partial charge in [0, 0.05) is 23.2 Å². The summed E-state index contributed by atoms with van der Waals surface area (Å²) >= 11 is 1.57. The van der Waals surface area contributed by atoms with Crippen LogP contribution in [-0.4, -0.2) is 16.5 Å². The monoisotopic (exact) mass is 279 g/mol. The third-order valence-electron chi connectivity index (χ3n) is 2.80. The highest BCUT2D eigenvalue weighted by Gasteiger charge is 2.14. The lowest BCUT2D eigenvalue weighted by Gasteiger charge is -2.00. The Bertz CT molecular complexity index is 539. The second kappa shape index (κ2) is 6.73. The predicted molar refractivity (Wildman–Crippen MR) is 76.7 cm³/mol. The minimum Gasteiger partial charge on any atom is -0.312 e. The van der Waals surface area contributed by atoms with Crippen LogP contribution in [0.5, 0.6) is 0 Å². The highest BCUT2D eigenvalue weighted by molar-refractivity contribution is 7.15. The Kier molecular flexibility index (Phi) is 4.99. The Morgan fingerprint density at radius 2 is 2.21 bits per heavy atom. The van der Waals surface area contributed by atoms with Gasteiger partial charge in [0.2, 0.25) is 0 Å². The quantitative estimate of drug-likeness (QED) is 0.880. The van der Waals surface area contributed by atoms with Gasteiger partial charge in [0.15, 0.2) is 5.82 Å². The first kappa shape index (κ1) is 14.1. The lowest BCUT2D eigenvalue weighted by Crippen LogP contribution is -2.11. The number of thiazole rings is 1. The Labute approximate surface area is 116 Å². The summed E-state index contributed by atoms with van der Waals surface area (Å²) in [5.41, 5.74) is 1.62. The summed E-state index contributed by atoms with van der Waals surface area (Å²) in [6, 6.07) is 1.68. The summed E-state index contributed by atoms with van der Waals surface area (Å²) in [5, 5.41) is 4.05. The molecule has 0 saturated carbocycles. The predicted octanol–water partition coefficient (Wildman–Crippen LogP) is 3.41. The number of aryl methyl sites for hydroxylation is 1. The minimum atomic E-state index is -0.311. The molecule has 0 bridgehead atoms. The van der Waals surface area contributed by atoms with Crippen molar-refractivity contribution in [3.8, 4) is 10.6 Å². The third-order valence-corrected chi connectivity index (χ3v) is 3.93. The van der Waals surface area contributed by atoms with E-state index >= 15 is 0 Å². The molecular weight excluding hydrogens is 261 g/mol. The molecule has 2 rings (SSSR count). The SMILES string of the molecule is CCCc1nc(-c2ccncc2F)sc1CNCC. The first-order valence-corrected chi connectivity index (χ1v) is 7.37. The van der Waals surface area contributed by atoms with Crippen LogP contribution in [0.2, 0.25) is 0 Å². The third kappa shape index (κ3) is 3.36. The number of aromatic nitrogens is 2. The smallest absolute Gasteiger partial charge is 0.151 e. The van der Waals surface area contributed by atoms with E-state index in [1.807, 2.05) is 0 Å². The van der Waals surface area contributed by atoms with Crippen molar-refractivity contribution in [1.82, 2.24) is 15.3 Å². The molecule has 0 radical (unpaired) electrons. The van der Waals surface area contributed by atoms with Gasteiger partial charge in [-0.3, -0.25) is 4.98 Å². The number of halogens is 1. The lowest BCUT2D eigenvalue weighted by molar-refractivity contribution is 0.625. The maximum Gasteiger partial charge on any atom is 0.151 e. The molecule has 0 aliphatic carbocycles. The molecule has 0 unspecified atom stereocenters. The fourth-order valence-corrected chi connectivity index (χ4v) is 2.96. The average Bonchev–Trinajstić information content (AvgIpc) is 2.80. The molecular formula is C14H18FN3S. The van der Waals surface area contributed by atoms with E-state index in [0.717, 1.165) is 36.6 Å². The second-order valence-corrected chi connectivity index (χ2v) is 5.36. The molecule has 0 fully saturated rings. The summed E-state index contributed by atoms with van der Waals surface area (Å²) in [7, 11) is 0. The van der Waals surface area contributed by atoms with Crippen molar-refractivity contribution in [3.63, 3.8) is 0 Å². The van der Waals surface area contributed by atoms with Crippen molar-refractivity contribution in [3.05, 3.63) is 34.8 Å². The zero-order valence-electron chi connectivity index (χ0n) is 11.2. The van der Waals surface area contributed by atoms with Crippen molar-refractivity contribution in [1.29, 1.82) is 0 Å². The number of nitrogens with zero attached hydrogens (tertiary/aromatic N) is 2. The number of hydrogen-bond donors (Lipinski definition) is 1. The van der Waals surface area contributed by atoms with E-state index in [1.165, 1.54) is 11.1 Å². The topological polar surface area (TPSA) is 37.8 Å². The zero-order valence-corrected chi connectivity index (χ0v) is 12.1. The van der Waals surface area contributed by atoms with Gasteiger partial charge in [0.25, 0.3) is 0 Å². The molecule has 5 heteroatoms. The zero-order chi connectivity index (χ0) is 13.7. The van der Waals surface area contributed by atoms with Crippen molar-refractivity contribution >= 4 is 11.3 Å². The standard InChI is InChI=1S/C14H18FN3S/c1-3-5-12-13(9-16-4-2)19-14(18-12)10-6-7-17-8-11(10)15/h6-8,16H,3-5,9H2,1-2H3. The van der Waals surface area contributed by atoms with Gasteiger partial charge in [0.1, 0.15) is 5.01 Å². The second-order valence-electron chi connectivity index (χ2n) is 4.27. The molecule has 102 valence electrons. The van der Waals surface area contributed by atoms with E-state index < -0.39 is 0 Å². The maximum atomic E-state index is 13.7. The van der Waals surface area contributed by atoms with Crippen LogP contribution >= 0.6 is 11.3 Å². The van der Waals surface area contributed by atoms with Crippen LogP contribution in [0.1, 0.15) is 30.8 Å². The number of pyridine rings is 1. The number of nitrogens with one attached hydrogen (secondary N) is 1. The average molecular weight is 279 g/mol. The van der Waals surface area contributed by atoms with Crippen LogP contribution in [0.25, 0.3) is 10.6 Å². The first-order valence-electron chi connectivity index (χ1n) is 6.55. The Balaban J connectivity index is 2.34. The van der Waals surface area contributed by atoms with Crippen molar-refractivity contribution in [2.45, 2.75) is 33.2 Å². The number of hydrogen-bond acceptors (Lipinski definition) is 4. The Hall–Kier alpha value is -1.33. The molecule has 3 nitrogen and oxygen atoms in total. The molecule has 0 spiro atoms. The van der Waals surface area contributed by atoms with Gasteiger partial charge in [0.05, 0.1) is 11.9 Å². The molecule has 2 aromatic heterocycles. The molecule has 2 heterocycles. The van der Waals surface area contributed by atoms with Gasteiger partial charge in [-0.1, -0.05) is 20.3 Å². The van der Waals surface area contributed by atoms with Gasteiger partial charge >= 0.3 is 0 Å². The first-order chi connectivity index (χ1) is 9.26. The Morgan fingerprint density at radius 3 is 2.89 bits per heavy atom. The van der Waals surface area contributed by atoms with Crippen molar-refractivity contribution in [2.24, 2.45) is 0 Å². The van der Waals surface area contributed by atoms with E-state index in [9.17, 15) is 4.39 Å². The highest BCUT2D eigenvalue weighted by atomic mass is 32.1. The van der Waals surface area contributed by atoms with E-state index in [4.69, 9.17) is 0 Å². The summed E-state index contributed by atoms with van der Waals surface area (Å²) in [5.74, 6) is -0.311. The molecule has 1 N–H and O–H groups in total. The van der Waals surface area contributed by atoms with Crippen molar-refractivity contribution in [2.75, 3.05) is 6.54 Å². The van der Waals surface area contributed by atoms with Crippen LogP contribution < -0.4 is 5.32 Å². The fourth-order valence-electron chi connectivity index (χ4n) is 1.86. The van der Waals surface area contributed by atoms with Crippen LogP contribution in [0, 0.1) is 5.82 Å². The van der Waals surface area contributed by atoms with Crippen LogP contribution in [-0.2, 0) is 13.0 Å². The molecule has 19 heavy (non-hydrogen) atoms. The van der Waals surface area contributed by atoms with Crippen LogP contribution in [0.3, 0.4) is 0 Å². The Morgan fingerprint density at radius 1 is 1.37 bits per heavy atom. The van der Waals surface area contributed by atoms with Gasteiger partial charge in [-0.2, -0.15) is 0 Å². The van der Waals surface area contributed by atoms with Gasteiger partial charge in [-0.25, -0.2) is 9.37 Å². The van der Waals surface area contributed by atoms with Crippen LogP contribution in [0.15, 0.2) is 18.5 Å². The maximum absolute atomic E-state index is 13.7. The van der Waals surface area contributed by atoms with Crippen molar-refractivity contribution < 1.29 is 4.39 Å². The van der Waals surface area contributed by atoms with Crippen LogP contribution in [0.4, 0.5) is 4.39 Å². The van der Waals surface area contributed by atoms with E-state index in [1.54, 1.807) is 23.6 Å². The summed E-state index contributed by atoms with van der Waals surface area (Å²) in [6.45, 7) is 5.92. The van der Waals surface area contributed by atoms with E-state index in [-0.39, 0.29) is 5.82 Å². The van der Waals surface area contributed by atoms with E-state index in [2.05, 4.69) is 29.1 Å². The minimum absolute atomic E-state index is 0.311. The largest absolute Gasteiger partial charge is 0.312 e. The van der Waals surface area contributed by atoms with Gasteiger partial charge < -0.3 is 5.32 Å². The summed E-state index contributed by atoms with van der Waals surface area (Å²) in [4.78, 5) is 9.57. The van der Waals surface area contributed by atoms with E-state index in [0.29, 0.717) is 5.56 Å². The molecule has 0 amide bonds. The summed E-state index contributed by atoms with van der Waals surface area (Å²) in [6.07, 6.45) is 4.81. The molecule has 0 aliphatic rings. The lowest BCUT2D eigenvalue weighted by atomic mass is 10.2. The number of rotatable bonds is 6. The normalized spacial score (nSPS) is 10.9. The molecule has 0 aliphatic heterocycles. The highest BCUT2D eigenvalue weighted by Crippen LogP contribution is 2.30. The molecule has 0 atom stereocenters. The fraction of sp³-hybridized carbons (Fsp3) is 0.429. The van der Waals surface area contributed by atoms with Gasteiger partial charge in [-0.05, 0) is 19.0 Å². The van der Waals surface area contributed by atoms with Gasteiger partial charge in [-0.15, -0.1) is 11.3 Å². The molecule has 0 saturated heterocycles. The molecule has 0 aromatic carbocycles. The summed E-state index contributed by atoms with van der Waals surface area (Å²) < 4.78 is 13.7. The molecule has 2 aromatic rings.